The molecular formula is C17H16ClNOS. The smallest absolute Gasteiger partial charge is 0.228 e. The summed E-state index contributed by atoms with van der Waals surface area (Å²) in [5, 5.41) is 3.75. The highest BCUT2D eigenvalue weighted by Gasteiger charge is 2.44. The first-order valence-corrected chi connectivity index (χ1v) is 8.48. The Labute approximate surface area is 133 Å². The molecule has 1 aliphatic carbocycles. The van der Waals surface area contributed by atoms with Crippen molar-refractivity contribution in [2.24, 2.45) is 5.92 Å². The minimum absolute atomic E-state index is 0.0304. The van der Waals surface area contributed by atoms with Gasteiger partial charge in [-0.1, -0.05) is 35.9 Å². The maximum absolute atomic E-state index is 12.3. The van der Waals surface area contributed by atoms with Crippen molar-refractivity contribution < 1.29 is 4.79 Å². The van der Waals surface area contributed by atoms with Crippen LogP contribution < -0.4 is 5.32 Å². The highest BCUT2D eigenvalue weighted by molar-refractivity contribution is 7.98. The van der Waals surface area contributed by atoms with E-state index < -0.39 is 0 Å². The first kappa shape index (κ1) is 14.5. The molecule has 1 fully saturated rings. The lowest BCUT2D eigenvalue weighted by Gasteiger charge is -2.07. The van der Waals surface area contributed by atoms with E-state index in [0.29, 0.717) is 0 Å². The number of carbonyl (C=O) groups excluding carboxylic acids is 1. The lowest BCUT2D eigenvalue weighted by Crippen LogP contribution is -2.14. The van der Waals surface area contributed by atoms with E-state index in [1.165, 1.54) is 0 Å². The van der Waals surface area contributed by atoms with E-state index in [1.807, 2.05) is 54.8 Å². The maximum atomic E-state index is 12.3. The molecule has 21 heavy (non-hydrogen) atoms. The average molecular weight is 318 g/mol. The van der Waals surface area contributed by atoms with Crippen LogP contribution in [0.5, 0.6) is 0 Å². The standard InChI is InChI=1S/C17H16ClNOS/c1-21-12-6-4-5-11(9-12)19-17(20)15-10-14(15)13-7-2-3-8-16(13)18/h2-9,14-15H,10H2,1H3,(H,19,20). The molecule has 2 atom stereocenters. The van der Waals surface area contributed by atoms with Gasteiger partial charge in [0.2, 0.25) is 5.91 Å². The van der Waals surface area contributed by atoms with Crippen molar-refractivity contribution in [1.29, 1.82) is 0 Å². The SMILES string of the molecule is CSc1cccc(NC(=O)C2CC2c2ccccc2Cl)c1. The third-order valence-electron chi connectivity index (χ3n) is 3.77. The second-order valence-corrected chi connectivity index (χ2v) is 6.48. The van der Waals surface area contributed by atoms with Gasteiger partial charge in [-0.3, -0.25) is 4.79 Å². The molecule has 108 valence electrons. The number of hydrogen-bond acceptors (Lipinski definition) is 2. The summed E-state index contributed by atoms with van der Waals surface area (Å²) >= 11 is 7.86. The lowest BCUT2D eigenvalue weighted by atomic mass is 10.1. The Morgan fingerprint density at radius 3 is 2.81 bits per heavy atom. The highest BCUT2D eigenvalue weighted by Crippen LogP contribution is 2.50. The lowest BCUT2D eigenvalue weighted by molar-refractivity contribution is -0.117. The van der Waals surface area contributed by atoms with Gasteiger partial charge in [0.15, 0.2) is 0 Å². The molecule has 0 bridgehead atoms. The number of carbonyl (C=O) groups is 1. The van der Waals surface area contributed by atoms with Crippen molar-refractivity contribution in [3.8, 4) is 0 Å². The number of hydrogen-bond donors (Lipinski definition) is 1. The minimum Gasteiger partial charge on any atom is -0.326 e. The monoisotopic (exact) mass is 317 g/mol. The van der Waals surface area contributed by atoms with Crippen LogP contribution in [0.15, 0.2) is 53.4 Å². The van der Waals surface area contributed by atoms with Crippen LogP contribution in [-0.4, -0.2) is 12.2 Å². The summed E-state index contributed by atoms with van der Waals surface area (Å²) in [6, 6.07) is 15.7. The molecule has 3 rings (SSSR count). The van der Waals surface area contributed by atoms with Gasteiger partial charge in [-0.25, -0.2) is 0 Å². The predicted octanol–water partition coefficient (Wildman–Crippen LogP) is 4.80. The molecule has 0 saturated heterocycles. The van der Waals surface area contributed by atoms with E-state index in [2.05, 4.69) is 5.32 Å². The van der Waals surface area contributed by atoms with Gasteiger partial charge < -0.3 is 5.32 Å². The van der Waals surface area contributed by atoms with Crippen molar-refractivity contribution in [2.75, 3.05) is 11.6 Å². The van der Waals surface area contributed by atoms with Crippen LogP contribution in [0.25, 0.3) is 0 Å². The number of halogens is 1. The molecule has 2 aromatic carbocycles. The van der Waals surface area contributed by atoms with Crippen LogP contribution in [0.2, 0.25) is 5.02 Å². The van der Waals surface area contributed by atoms with E-state index in [-0.39, 0.29) is 17.7 Å². The van der Waals surface area contributed by atoms with Crippen LogP contribution in [0.3, 0.4) is 0 Å². The van der Waals surface area contributed by atoms with E-state index in [4.69, 9.17) is 11.6 Å². The molecule has 4 heteroatoms. The molecule has 1 N–H and O–H groups in total. The third kappa shape index (κ3) is 3.25. The summed E-state index contributed by atoms with van der Waals surface area (Å²) in [7, 11) is 0. The summed E-state index contributed by atoms with van der Waals surface area (Å²) in [5.41, 5.74) is 1.94. The minimum atomic E-state index is 0.0304. The number of nitrogens with one attached hydrogen (secondary N) is 1. The van der Waals surface area contributed by atoms with Gasteiger partial charge in [0.05, 0.1) is 0 Å². The Hall–Kier alpha value is -1.45. The van der Waals surface area contributed by atoms with Gasteiger partial charge >= 0.3 is 0 Å². The molecule has 0 aromatic heterocycles. The summed E-state index contributed by atoms with van der Waals surface area (Å²) in [4.78, 5) is 13.5. The Morgan fingerprint density at radius 2 is 2.05 bits per heavy atom. The predicted molar refractivity (Wildman–Crippen MR) is 89.2 cm³/mol. The van der Waals surface area contributed by atoms with Gasteiger partial charge in [-0.2, -0.15) is 0 Å². The van der Waals surface area contributed by atoms with Crippen molar-refractivity contribution >= 4 is 35.0 Å². The summed E-state index contributed by atoms with van der Waals surface area (Å²) in [6.07, 6.45) is 2.90. The van der Waals surface area contributed by atoms with Gasteiger partial charge in [0, 0.05) is 21.5 Å². The number of rotatable bonds is 4. The summed E-state index contributed by atoms with van der Waals surface area (Å²) in [6.45, 7) is 0. The Morgan fingerprint density at radius 1 is 1.24 bits per heavy atom. The molecule has 2 nitrogen and oxygen atoms in total. The maximum Gasteiger partial charge on any atom is 0.228 e. The van der Waals surface area contributed by atoms with Gasteiger partial charge in [-0.05, 0) is 48.4 Å². The Balaban J connectivity index is 1.67. The molecule has 2 unspecified atom stereocenters. The largest absolute Gasteiger partial charge is 0.326 e. The van der Waals surface area contributed by atoms with Crippen LogP contribution in [0.1, 0.15) is 17.9 Å². The molecular weight excluding hydrogens is 302 g/mol. The summed E-state index contributed by atoms with van der Waals surface area (Å²) in [5.74, 6) is 0.364. The second-order valence-electron chi connectivity index (χ2n) is 5.19. The Kier molecular flexibility index (Phi) is 4.22. The highest BCUT2D eigenvalue weighted by atomic mass is 35.5. The van der Waals surface area contributed by atoms with Crippen LogP contribution in [-0.2, 0) is 4.79 Å². The number of benzene rings is 2. The fraction of sp³-hybridized carbons (Fsp3) is 0.235. The number of thioether (sulfide) groups is 1. The normalized spacial score (nSPS) is 20.1. The van der Waals surface area contributed by atoms with E-state index in [9.17, 15) is 4.79 Å². The molecule has 0 aliphatic heterocycles. The van der Waals surface area contributed by atoms with Crippen LogP contribution in [0, 0.1) is 5.92 Å². The van der Waals surface area contributed by atoms with Gasteiger partial charge in [0.1, 0.15) is 0 Å². The first-order valence-electron chi connectivity index (χ1n) is 6.88. The van der Waals surface area contributed by atoms with Crippen molar-refractivity contribution in [3.63, 3.8) is 0 Å². The molecule has 2 aromatic rings. The molecule has 0 spiro atoms. The number of amides is 1. The van der Waals surface area contributed by atoms with Crippen LogP contribution >= 0.6 is 23.4 Å². The fourth-order valence-electron chi connectivity index (χ4n) is 2.54. The average Bonchev–Trinajstić information content (AvgIpc) is 3.28. The zero-order valence-electron chi connectivity index (χ0n) is 11.7. The second kappa shape index (κ2) is 6.12. The van der Waals surface area contributed by atoms with E-state index >= 15 is 0 Å². The molecule has 1 amide bonds. The van der Waals surface area contributed by atoms with Crippen molar-refractivity contribution in [2.45, 2.75) is 17.2 Å². The zero-order chi connectivity index (χ0) is 14.8. The topological polar surface area (TPSA) is 29.1 Å². The van der Waals surface area contributed by atoms with Crippen LogP contribution in [0.4, 0.5) is 5.69 Å². The third-order valence-corrected chi connectivity index (χ3v) is 4.84. The zero-order valence-corrected chi connectivity index (χ0v) is 13.2. The van der Waals surface area contributed by atoms with Gasteiger partial charge in [-0.15, -0.1) is 11.8 Å². The van der Waals surface area contributed by atoms with E-state index in [0.717, 1.165) is 27.6 Å². The quantitative estimate of drug-likeness (QED) is 0.820. The Bertz CT molecular complexity index is 673. The van der Waals surface area contributed by atoms with Crippen molar-refractivity contribution in [1.82, 2.24) is 0 Å². The molecule has 0 radical (unpaired) electrons. The van der Waals surface area contributed by atoms with E-state index in [1.54, 1.807) is 11.8 Å². The van der Waals surface area contributed by atoms with Gasteiger partial charge in [0.25, 0.3) is 0 Å². The molecule has 1 aliphatic rings. The number of anilines is 1. The summed E-state index contributed by atoms with van der Waals surface area (Å²) < 4.78 is 0. The van der Waals surface area contributed by atoms with Crippen molar-refractivity contribution in [3.05, 3.63) is 59.1 Å². The molecule has 1 saturated carbocycles. The first-order chi connectivity index (χ1) is 10.2. The molecule has 0 heterocycles. The fourth-order valence-corrected chi connectivity index (χ4v) is 3.28.